The van der Waals surface area contributed by atoms with E-state index >= 15 is 0 Å². The molecule has 19 heavy (non-hydrogen) atoms. The van der Waals surface area contributed by atoms with Crippen LogP contribution in [0.1, 0.15) is 16.5 Å². The van der Waals surface area contributed by atoms with Crippen LogP contribution in [-0.4, -0.2) is 20.3 Å². The van der Waals surface area contributed by atoms with Crippen molar-refractivity contribution in [1.82, 2.24) is 5.32 Å². The first-order valence-corrected chi connectivity index (χ1v) is 7.31. The second-order valence-corrected chi connectivity index (χ2v) is 5.54. The summed E-state index contributed by atoms with van der Waals surface area (Å²) in [6, 6.07) is 10.2. The maximum Gasteiger partial charge on any atom is 0.119 e. The molecule has 0 aliphatic carbocycles. The van der Waals surface area contributed by atoms with Crippen molar-refractivity contribution in [3.63, 3.8) is 0 Å². The van der Waals surface area contributed by atoms with Crippen LogP contribution in [0.3, 0.4) is 0 Å². The second-order valence-electron chi connectivity index (χ2n) is 4.54. The number of rotatable bonds is 4. The van der Waals surface area contributed by atoms with Crippen LogP contribution < -0.4 is 14.8 Å². The molecule has 0 fully saturated rings. The van der Waals surface area contributed by atoms with Crippen molar-refractivity contribution in [2.45, 2.75) is 12.5 Å². The molecule has 2 heterocycles. The highest BCUT2D eigenvalue weighted by molar-refractivity contribution is 7.10. The van der Waals surface area contributed by atoms with Crippen LogP contribution in [-0.2, 0) is 6.42 Å². The van der Waals surface area contributed by atoms with Gasteiger partial charge >= 0.3 is 0 Å². The molecule has 0 amide bonds. The summed E-state index contributed by atoms with van der Waals surface area (Å²) in [4.78, 5) is 1.49. The van der Waals surface area contributed by atoms with E-state index < -0.39 is 0 Å². The Morgan fingerprint density at radius 3 is 2.79 bits per heavy atom. The molecule has 0 spiro atoms. The van der Waals surface area contributed by atoms with E-state index in [0.29, 0.717) is 12.6 Å². The molecule has 100 valence electrons. The lowest BCUT2D eigenvalue weighted by Crippen LogP contribution is -2.32. The summed E-state index contributed by atoms with van der Waals surface area (Å²) in [6.45, 7) is 1.69. The van der Waals surface area contributed by atoms with Crippen molar-refractivity contribution in [2.75, 3.05) is 20.3 Å². The van der Waals surface area contributed by atoms with Crippen LogP contribution in [0.15, 0.2) is 35.7 Å². The smallest absolute Gasteiger partial charge is 0.119 e. The van der Waals surface area contributed by atoms with Crippen molar-refractivity contribution in [3.8, 4) is 11.5 Å². The molecule has 1 unspecified atom stereocenters. The summed E-state index contributed by atoms with van der Waals surface area (Å²) in [6.07, 6.45) is 1.13. The minimum absolute atomic E-state index is 0.303. The third-order valence-corrected chi connectivity index (χ3v) is 4.37. The largest absolute Gasteiger partial charge is 0.497 e. The molecule has 4 heteroatoms. The maximum atomic E-state index is 5.86. The van der Waals surface area contributed by atoms with Gasteiger partial charge in [-0.25, -0.2) is 0 Å². The third-order valence-electron chi connectivity index (χ3n) is 3.37. The average molecular weight is 275 g/mol. The van der Waals surface area contributed by atoms with Crippen LogP contribution in [0.25, 0.3) is 0 Å². The number of methoxy groups -OCH3 is 1. The van der Waals surface area contributed by atoms with Crippen LogP contribution >= 0.6 is 11.3 Å². The predicted molar refractivity (Wildman–Crippen MR) is 77.3 cm³/mol. The van der Waals surface area contributed by atoms with E-state index in [4.69, 9.17) is 9.47 Å². The Morgan fingerprint density at radius 2 is 2.00 bits per heavy atom. The van der Waals surface area contributed by atoms with Crippen molar-refractivity contribution in [2.24, 2.45) is 0 Å². The molecule has 2 aromatic rings. The molecule has 1 aromatic carbocycles. The maximum absolute atomic E-state index is 5.86. The van der Waals surface area contributed by atoms with Gasteiger partial charge in [-0.2, -0.15) is 0 Å². The Balaban J connectivity index is 1.64. The van der Waals surface area contributed by atoms with Gasteiger partial charge in [-0.15, -0.1) is 11.3 Å². The molecule has 0 bridgehead atoms. The first kappa shape index (κ1) is 12.5. The van der Waals surface area contributed by atoms with Gasteiger partial charge in [0, 0.05) is 11.4 Å². The molecule has 1 atom stereocenters. The van der Waals surface area contributed by atoms with Gasteiger partial charge in [-0.3, -0.25) is 0 Å². The van der Waals surface area contributed by atoms with Crippen LogP contribution in [0.4, 0.5) is 0 Å². The molecular weight excluding hydrogens is 258 g/mol. The number of hydrogen-bond donors (Lipinski definition) is 1. The zero-order valence-electron chi connectivity index (χ0n) is 10.9. The molecule has 1 N–H and O–H groups in total. The summed E-state index contributed by atoms with van der Waals surface area (Å²) in [5.74, 6) is 1.73. The van der Waals surface area contributed by atoms with E-state index in [-0.39, 0.29) is 0 Å². The van der Waals surface area contributed by atoms with Gasteiger partial charge in [0.2, 0.25) is 0 Å². The number of benzene rings is 1. The zero-order chi connectivity index (χ0) is 13.1. The fourth-order valence-corrected chi connectivity index (χ4v) is 3.28. The fourth-order valence-electron chi connectivity index (χ4n) is 2.33. The minimum Gasteiger partial charge on any atom is -0.497 e. The lowest BCUT2D eigenvalue weighted by Gasteiger charge is -2.24. The average Bonchev–Trinajstić information content (AvgIpc) is 2.94. The molecule has 1 aromatic heterocycles. The van der Waals surface area contributed by atoms with Gasteiger partial charge < -0.3 is 14.8 Å². The number of thiophene rings is 1. The highest BCUT2D eigenvalue weighted by Crippen LogP contribution is 2.28. The van der Waals surface area contributed by atoms with E-state index in [1.165, 1.54) is 10.4 Å². The van der Waals surface area contributed by atoms with E-state index in [0.717, 1.165) is 24.5 Å². The standard InChI is InChI=1S/C15H17NO2S/c1-17-11-2-4-12(5-3-11)18-10-14-13-7-9-19-15(13)6-8-16-14/h2-5,7,9,14,16H,6,8,10H2,1H3. The highest BCUT2D eigenvalue weighted by Gasteiger charge is 2.20. The van der Waals surface area contributed by atoms with Crippen molar-refractivity contribution >= 4 is 11.3 Å². The van der Waals surface area contributed by atoms with Crippen molar-refractivity contribution in [1.29, 1.82) is 0 Å². The number of ether oxygens (including phenoxy) is 2. The van der Waals surface area contributed by atoms with Crippen LogP contribution in [0.2, 0.25) is 0 Å². The molecule has 3 rings (SSSR count). The summed E-state index contributed by atoms with van der Waals surface area (Å²) in [5.41, 5.74) is 1.39. The number of hydrogen-bond acceptors (Lipinski definition) is 4. The Hall–Kier alpha value is -1.52. The zero-order valence-corrected chi connectivity index (χ0v) is 11.7. The quantitative estimate of drug-likeness (QED) is 0.930. The van der Waals surface area contributed by atoms with Gasteiger partial charge in [0.05, 0.1) is 13.2 Å². The molecule has 3 nitrogen and oxygen atoms in total. The van der Waals surface area contributed by atoms with Crippen LogP contribution in [0, 0.1) is 0 Å². The third kappa shape index (κ3) is 2.74. The van der Waals surface area contributed by atoms with Gasteiger partial charge in [0.25, 0.3) is 0 Å². The van der Waals surface area contributed by atoms with Crippen LogP contribution in [0.5, 0.6) is 11.5 Å². The first-order chi connectivity index (χ1) is 9.36. The monoisotopic (exact) mass is 275 g/mol. The summed E-state index contributed by atoms with van der Waals surface area (Å²) in [7, 11) is 1.67. The minimum atomic E-state index is 0.303. The Morgan fingerprint density at radius 1 is 1.21 bits per heavy atom. The predicted octanol–water partition coefficient (Wildman–Crippen LogP) is 3.02. The van der Waals surface area contributed by atoms with Crippen molar-refractivity contribution < 1.29 is 9.47 Å². The molecule has 0 saturated carbocycles. The lowest BCUT2D eigenvalue weighted by molar-refractivity contribution is 0.262. The van der Waals surface area contributed by atoms with E-state index in [1.807, 2.05) is 35.6 Å². The Labute approximate surface area is 117 Å². The summed E-state index contributed by atoms with van der Waals surface area (Å²) >= 11 is 1.84. The van der Waals surface area contributed by atoms with E-state index in [1.54, 1.807) is 7.11 Å². The molecule has 1 aliphatic heterocycles. The van der Waals surface area contributed by atoms with Gasteiger partial charge in [-0.1, -0.05) is 0 Å². The SMILES string of the molecule is COc1ccc(OCC2NCCc3sccc32)cc1. The van der Waals surface area contributed by atoms with E-state index in [9.17, 15) is 0 Å². The van der Waals surface area contributed by atoms with E-state index in [2.05, 4.69) is 16.8 Å². The Kier molecular flexibility index (Phi) is 3.71. The highest BCUT2D eigenvalue weighted by atomic mass is 32.1. The molecular formula is C15H17NO2S. The molecule has 1 aliphatic rings. The topological polar surface area (TPSA) is 30.5 Å². The fraction of sp³-hybridized carbons (Fsp3) is 0.333. The second kappa shape index (κ2) is 5.63. The van der Waals surface area contributed by atoms with Crippen molar-refractivity contribution in [3.05, 3.63) is 46.2 Å². The molecule has 0 saturated heterocycles. The summed E-state index contributed by atoms with van der Waals surface area (Å²) < 4.78 is 11.0. The first-order valence-electron chi connectivity index (χ1n) is 6.43. The summed E-state index contributed by atoms with van der Waals surface area (Å²) in [5, 5.41) is 5.68. The molecule has 0 radical (unpaired) electrons. The number of nitrogens with one attached hydrogen (secondary N) is 1. The van der Waals surface area contributed by atoms with Gasteiger partial charge in [-0.05, 0) is 47.7 Å². The van der Waals surface area contributed by atoms with Gasteiger partial charge in [0.15, 0.2) is 0 Å². The Bertz CT molecular complexity index is 535. The van der Waals surface area contributed by atoms with Gasteiger partial charge in [0.1, 0.15) is 18.1 Å². The number of fused-ring (bicyclic) bond motifs is 1. The normalized spacial score (nSPS) is 17.8. The lowest BCUT2D eigenvalue weighted by atomic mass is 10.0.